The molecule has 0 spiro atoms. The Morgan fingerprint density at radius 3 is 3.00 bits per heavy atom. The summed E-state index contributed by atoms with van der Waals surface area (Å²) in [5.41, 5.74) is 0.352. The number of ether oxygens (including phenoxy) is 2. The molecular weight excluding hydrogens is 211 g/mol. The summed E-state index contributed by atoms with van der Waals surface area (Å²) >= 11 is 0. The number of aromatic nitrogens is 2. The van der Waals surface area contributed by atoms with E-state index in [0.717, 1.165) is 5.69 Å². The van der Waals surface area contributed by atoms with Gasteiger partial charge in [0.25, 0.3) is 0 Å². The molecule has 2 rings (SSSR count). The van der Waals surface area contributed by atoms with Gasteiger partial charge in [-0.2, -0.15) is 5.10 Å². The summed E-state index contributed by atoms with van der Waals surface area (Å²) in [5, 5.41) is 4.11. The van der Waals surface area contributed by atoms with Gasteiger partial charge in [-0.3, -0.25) is 4.68 Å². The zero-order valence-electron chi connectivity index (χ0n) is 9.65. The van der Waals surface area contributed by atoms with Gasteiger partial charge in [-0.1, -0.05) is 0 Å². The maximum absolute atomic E-state index is 13.4. The van der Waals surface area contributed by atoms with E-state index in [9.17, 15) is 4.39 Å². The summed E-state index contributed by atoms with van der Waals surface area (Å²) < 4.78 is 25.8. The predicted molar refractivity (Wildman–Crippen MR) is 56.6 cm³/mol. The lowest BCUT2D eigenvalue weighted by Crippen LogP contribution is -2.30. The quantitative estimate of drug-likeness (QED) is 0.737. The molecule has 1 aliphatic carbocycles. The molecule has 0 aromatic carbocycles. The van der Waals surface area contributed by atoms with E-state index in [0.29, 0.717) is 19.3 Å². The Labute approximate surface area is 94.3 Å². The molecule has 2 atom stereocenters. The standard InChI is InChI=1S/C11H17FN2O2/c1-14-10(4-6-13-14)11(16-8-15-2)5-3-9(12)7-11/h4,6,9H,3,5,7-8H2,1-2H3/t9-,11-/m1/s1. The maximum Gasteiger partial charge on any atom is 0.147 e. The number of hydrogen-bond donors (Lipinski definition) is 0. The van der Waals surface area contributed by atoms with Crippen molar-refractivity contribution in [2.75, 3.05) is 13.9 Å². The largest absolute Gasteiger partial charge is 0.359 e. The highest BCUT2D eigenvalue weighted by atomic mass is 19.1. The molecule has 0 amide bonds. The molecule has 1 fully saturated rings. The van der Waals surface area contributed by atoms with Crippen LogP contribution in [-0.4, -0.2) is 29.9 Å². The van der Waals surface area contributed by atoms with Crippen molar-refractivity contribution in [2.24, 2.45) is 7.05 Å². The second-order valence-electron chi connectivity index (χ2n) is 4.23. The van der Waals surface area contributed by atoms with E-state index >= 15 is 0 Å². The Balaban J connectivity index is 2.24. The monoisotopic (exact) mass is 228 g/mol. The van der Waals surface area contributed by atoms with Crippen LogP contribution in [-0.2, 0) is 22.1 Å². The minimum absolute atomic E-state index is 0.178. The van der Waals surface area contributed by atoms with Crippen LogP contribution in [0.1, 0.15) is 25.0 Å². The van der Waals surface area contributed by atoms with Gasteiger partial charge in [-0.05, 0) is 18.9 Å². The number of rotatable bonds is 4. The highest BCUT2D eigenvalue weighted by Gasteiger charge is 2.43. The second-order valence-corrected chi connectivity index (χ2v) is 4.23. The molecule has 1 aromatic rings. The van der Waals surface area contributed by atoms with Crippen molar-refractivity contribution in [1.82, 2.24) is 9.78 Å². The number of halogens is 1. The molecule has 1 saturated carbocycles. The molecular formula is C11H17FN2O2. The topological polar surface area (TPSA) is 36.3 Å². The third-order valence-corrected chi connectivity index (χ3v) is 3.15. The number of hydrogen-bond acceptors (Lipinski definition) is 3. The fraction of sp³-hybridized carbons (Fsp3) is 0.727. The van der Waals surface area contributed by atoms with Crippen molar-refractivity contribution in [3.8, 4) is 0 Å². The van der Waals surface area contributed by atoms with Crippen LogP contribution in [0.3, 0.4) is 0 Å². The van der Waals surface area contributed by atoms with E-state index in [1.54, 1.807) is 18.0 Å². The SMILES string of the molecule is COCO[C@]1(c2ccnn2C)CC[C@@H](F)C1. The molecule has 0 bridgehead atoms. The average Bonchev–Trinajstić information content (AvgIpc) is 2.83. The second kappa shape index (κ2) is 4.51. The Bertz CT molecular complexity index is 356. The third-order valence-electron chi connectivity index (χ3n) is 3.15. The summed E-state index contributed by atoms with van der Waals surface area (Å²) in [4.78, 5) is 0. The summed E-state index contributed by atoms with van der Waals surface area (Å²) in [6.07, 6.45) is 2.51. The van der Waals surface area contributed by atoms with Crippen molar-refractivity contribution >= 4 is 0 Å². The van der Waals surface area contributed by atoms with Crippen LogP contribution in [0.5, 0.6) is 0 Å². The first-order chi connectivity index (χ1) is 7.68. The molecule has 0 N–H and O–H groups in total. The first-order valence-corrected chi connectivity index (χ1v) is 5.43. The average molecular weight is 228 g/mol. The zero-order chi connectivity index (χ0) is 11.6. The molecule has 0 unspecified atom stereocenters. The molecule has 4 nitrogen and oxygen atoms in total. The summed E-state index contributed by atoms with van der Waals surface area (Å²) in [6, 6.07) is 1.88. The van der Waals surface area contributed by atoms with Gasteiger partial charge in [0.05, 0.1) is 5.69 Å². The van der Waals surface area contributed by atoms with E-state index in [2.05, 4.69) is 5.10 Å². The van der Waals surface area contributed by atoms with Gasteiger partial charge in [0.2, 0.25) is 0 Å². The zero-order valence-corrected chi connectivity index (χ0v) is 9.65. The summed E-state index contributed by atoms with van der Waals surface area (Å²) in [5.74, 6) is 0. The fourth-order valence-electron chi connectivity index (χ4n) is 2.38. The first-order valence-electron chi connectivity index (χ1n) is 5.43. The van der Waals surface area contributed by atoms with Gasteiger partial charge >= 0.3 is 0 Å². The predicted octanol–water partition coefficient (Wildman–Crippen LogP) is 1.76. The lowest BCUT2D eigenvalue weighted by molar-refractivity contribution is -0.138. The molecule has 0 radical (unpaired) electrons. The van der Waals surface area contributed by atoms with E-state index < -0.39 is 11.8 Å². The molecule has 1 aliphatic rings. The van der Waals surface area contributed by atoms with Crippen LogP contribution < -0.4 is 0 Å². The number of nitrogens with zero attached hydrogens (tertiary/aromatic N) is 2. The minimum atomic E-state index is -0.799. The Hall–Kier alpha value is -0.940. The Morgan fingerprint density at radius 1 is 1.69 bits per heavy atom. The van der Waals surface area contributed by atoms with Crippen molar-refractivity contribution < 1.29 is 13.9 Å². The molecule has 1 heterocycles. The minimum Gasteiger partial charge on any atom is -0.359 e. The van der Waals surface area contributed by atoms with Gasteiger partial charge in [0, 0.05) is 26.8 Å². The normalized spacial score (nSPS) is 29.8. The Kier molecular flexibility index (Phi) is 3.25. The molecule has 90 valence electrons. The highest BCUT2D eigenvalue weighted by molar-refractivity contribution is 5.15. The third kappa shape index (κ3) is 1.97. The maximum atomic E-state index is 13.4. The van der Waals surface area contributed by atoms with Crippen LogP contribution in [0, 0.1) is 0 Å². The van der Waals surface area contributed by atoms with Crippen LogP contribution in [0.4, 0.5) is 4.39 Å². The van der Waals surface area contributed by atoms with Crippen molar-refractivity contribution in [1.29, 1.82) is 0 Å². The Morgan fingerprint density at radius 2 is 2.50 bits per heavy atom. The molecule has 0 aliphatic heterocycles. The molecule has 1 aromatic heterocycles. The number of alkyl halides is 1. The van der Waals surface area contributed by atoms with E-state index in [1.165, 1.54) is 0 Å². The smallest absolute Gasteiger partial charge is 0.147 e. The molecule has 16 heavy (non-hydrogen) atoms. The lowest BCUT2D eigenvalue weighted by Gasteiger charge is -2.28. The van der Waals surface area contributed by atoms with E-state index in [4.69, 9.17) is 9.47 Å². The summed E-state index contributed by atoms with van der Waals surface area (Å²) in [6.45, 7) is 0.178. The van der Waals surface area contributed by atoms with Gasteiger partial charge in [-0.15, -0.1) is 0 Å². The number of aryl methyl sites for hydroxylation is 1. The van der Waals surface area contributed by atoms with Crippen LogP contribution in [0.25, 0.3) is 0 Å². The first kappa shape index (κ1) is 11.5. The van der Waals surface area contributed by atoms with Crippen molar-refractivity contribution in [3.63, 3.8) is 0 Å². The van der Waals surface area contributed by atoms with E-state index in [1.807, 2.05) is 13.1 Å². The molecule has 5 heteroatoms. The van der Waals surface area contributed by atoms with Gasteiger partial charge < -0.3 is 9.47 Å². The van der Waals surface area contributed by atoms with Gasteiger partial charge in [-0.25, -0.2) is 4.39 Å². The number of methoxy groups -OCH3 is 1. The highest BCUT2D eigenvalue weighted by Crippen LogP contribution is 2.43. The van der Waals surface area contributed by atoms with Gasteiger partial charge in [0.1, 0.15) is 18.6 Å². The fourth-order valence-corrected chi connectivity index (χ4v) is 2.38. The van der Waals surface area contributed by atoms with Crippen LogP contribution in [0.2, 0.25) is 0 Å². The lowest BCUT2D eigenvalue weighted by atomic mass is 9.97. The van der Waals surface area contributed by atoms with E-state index in [-0.39, 0.29) is 6.79 Å². The van der Waals surface area contributed by atoms with Crippen LogP contribution in [0.15, 0.2) is 12.3 Å². The van der Waals surface area contributed by atoms with Crippen molar-refractivity contribution in [3.05, 3.63) is 18.0 Å². The molecule has 0 saturated heterocycles. The van der Waals surface area contributed by atoms with Crippen LogP contribution >= 0.6 is 0 Å². The summed E-state index contributed by atoms with van der Waals surface area (Å²) in [7, 11) is 3.41. The van der Waals surface area contributed by atoms with Gasteiger partial charge in [0.15, 0.2) is 0 Å². The van der Waals surface area contributed by atoms with Crippen molar-refractivity contribution in [2.45, 2.75) is 31.0 Å².